The normalized spacial score (nSPS) is 16.5. The second-order valence-corrected chi connectivity index (χ2v) is 8.12. The summed E-state index contributed by atoms with van der Waals surface area (Å²) in [4.78, 5) is 38.2. The number of alkyl carbamates (subject to hydrolysis) is 1. The number of para-hydroxylation sites is 2. The smallest absolute Gasteiger partial charge is 0.407 e. The number of hydrogen-bond acceptors (Lipinski definition) is 5. The summed E-state index contributed by atoms with van der Waals surface area (Å²) in [5.41, 5.74) is 4.72. The predicted octanol–water partition coefficient (Wildman–Crippen LogP) is 3.40. The van der Waals surface area contributed by atoms with Crippen LogP contribution in [-0.4, -0.2) is 48.9 Å². The SMILES string of the molecule is O=C(O)CN1C(=O)[C@@H](NC(=O)OCC2c3ccccc3-c3ccccc32)COc2ccccc21. The van der Waals surface area contributed by atoms with Crippen LogP contribution in [0.25, 0.3) is 11.1 Å². The van der Waals surface area contributed by atoms with Crippen LogP contribution in [0.2, 0.25) is 0 Å². The predicted molar refractivity (Wildman–Crippen MR) is 124 cm³/mol. The van der Waals surface area contributed by atoms with E-state index in [2.05, 4.69) is 5.32 Å². The van der Waals surface area contributed by atoms with E-state index in [4.69, 9.17) is 9.47 Å². The van der Waals surface area contributed by atoms with Crippen LogP contribution in [0.1, 0.15) is 17.0 Å². The van der Waals surface area contributed by atoms with E-state index in [1.54, 1.807) is 24.3 Å². The van der Waals surface area contributed by atoms with E-state index in [1.807, 2.05) is 48.5 Å². The molecule has 5 rings (SSSR count). The molecule has 0 aromatic heterocycles. The van der Waals surface area contributed by atoms with Gasteiger partial charge in [-0.3, -0.25) is 14.5 Å². The first-order chi connectivity index (χ1) is 16.5. The van der Waals surface area contributed by atoms with Gasteiger partial charge in [0, 0.05) is 5.92 Å². The molecule has 3 aromatic carbocycles. The van der Waals surface area contributed by atoms with Crippen LogP contribution in [0.5, 0.6) is 5.75 Å². The van der Waals surface area contributed by atoms with E-state index in [0.29, 0.717) is 11.4 Å². The second kappa shape index (κ2) is 8.90. The Hall–Kier alpha value is -4.33. The van der Waals surface area contributed by atoms with Gasteiger partial charge < -0.3 is 19.9 Å². The van der Waals surface area contributed by atoms with Crippen molar-refractivity contribution >= 4 is 23.7 Å². The van der Waals surface area contributed by atoms with Crippen LogP contribution >= 0.6 is 0 Å². The van der Waals surface area contributed by atoms with Crippen LogP contribution in [0.3, 0.4) is 0 Å². The van der Waals surface area contributed by atoms with Crippen molar-refractivity contribution in [2.45, 2.75) is 12.0 Å². The Balaban J connectivity index is 1.30. The highest BCUT2D eigenvalue weighted by Gasteiger charge is 2.35. The summed E-state index contributed by atoms with van der Waals surface area (Å²) in [5.74, 6) is -1.51. The Morgan fingerprint density at radius 3 is 2.26 bits per heavy atom. The molecule has 0 saturated heterocycles. The van der Waals surface area contributed by atoms with Gasteiger partial charge >= 0.3 is 12.1 Å². The largest absolute Gasteiger partial charge is 0.489 e. The molecule has 3 aromatic rings. The first-order valence-corrected chi connectivity index (χ1v) is 10.9. The Labute approximate surface area is 195 Å². The molecule has 0 spiro atoms. The van der Waals surface area contributed by atoms with Gasteiger partial charge in [0.2, 0.25) is 0 Å². The molecule has 2 N–H and O–H groups in total. The molecular weight excluding hydrogens is 436 g/mol. The number of amides is 2. The number of carbonyl (C=O) groups is 3. The number of ether oxygens (including phenoxy) is 2. The third kappa shape index (κ3) is 3.94. The summed E-state index contributed by atoms with van der Waals surface area (Å²) in [5, 5.41) is 11.8. The standard InChI is InChI=1S/C26H22N2O6/c29-24(30)13-28-22-11-5-6-12-23(22)33-15-21(25(28)31)27-26(32)34-14-20-18-9-3-1-7-16(18)17-8-2-4-10-19(17)20/h1-12,20-21H,13-15H2,(H,27,32)(H,29,30)/t21-/m0/s1. The molecule has 1 atom stereocenters. The van der Waals surface area contributed by atoms with Crippen LogP contribution < -0.4 is 15.0 Å². The van der Waals surface area contributed by atoms with Crippen molar-refractivity contribution in [3.63, 3.8) is 0 Å². The number of rotatable bonds is 5. The number of aliphatic carboxylic acids is 1. The molecule has 1 aliphatic heterocycles. The topological polar surface area (TPSA) is 105 Å². The van der Waals surface area contributed by atoms with E-state index in [9.17, 15) is 19.5 Å². The lowest BCUT2D eigenvalue weighted by molar-refractivity contribution is -0.136. The quantitative estimate of drug-likeness (QED) is 0.607. The average Bonchev–Trinajstić information content (AvgIpc) is 3.10. The number of anilines is 1. The molecule has 8 nitrogen and oxygen atoms in total. The molecule has 1 heterocycles. The third-order valence-corrected chi connectivity index (χ3v) is 6.05. The third-order valence-electron chi connectivity index (χ3n) is 6.05. The Morgan fingerprint density at radius 2 is 1.59 bits per heavy atom. The molecule has 2 amide bonds. The van der Waals surface area contributed by atoms with Gasteiger partial charge in [0.1, 0.15) is 31.5 Å². The van der Waals surface area contributed by atoms with Crippen LogP contribution in [0.15, 0.2) is 72.8 Å². The number of carboxylic acids is 1. The zero-order chi connectivity index (χ0) is 23.7. The number of fused-ring (bicyclic) bond motifs is 4. The highest BCUT2D eigenvalue weighted by molar-refractivity contribution is 6.03. The van der Waals surface area contributed by atoms with Crippen LogP contribution in [0.4, 0.5) is 10.5 Å². The maximum Gasteiger partial charge on any atom is 0.407 e. The first kappa shape index (κ1) is 21.5. The molecule has 172 valence electrons. The van der Waals surface area contributed by atoms with Crippen molar-refractivity contribution in [1.29, 1.82) is 0 Å². The fourth-order valence-electron chi connectivity index (χ4n) is 4.54. The van der Waals surface area contributed by atoms with Gasteiger partial charge in [0.15, 0.2) is 0 Å². The Kier molecular flexibility index (Phi) is 5.63. The zero-order valence-electron chi connectivity index (χ0n) is 18.1. The average molecular weight is 458 g/mol. The minimum Gasteiger partial charge on any atom is -0.489 e. The fourth-order valence-corrected chi connectivity index (χ4v) is 4.54. The van der Waals surface area contributed by atoms with E-state index in [1.165, 1.54) is 0 Å². The minimum atomic E-state index is -1.18. The number of carboxylic acid groups (broad SMARTS) is 1. The lowest BCUT2D eigenvalue weighted by atomic mass is 9.98. The monoisotopic (exact) mass is 458 g/mol. The molecule has 0 unspecified atom stereocenters. The van der Waals surface area contributed by atoms with Gasteiger partial charge in [-0.2, -0.15) is 0 Å². The molecule has 1 aliphatic carbocycles. The lowest BCUT2D eigenvalue weighted by Crippen LogP contribution is -2.51. The molecule has 0 saturated carbocycles. The molecule has 0 radical (unpaired) electrons. The summed E-state index contributed by atoms with van der Waals surface area (Å²) in [7, 11) is 0. The van der Waals surface area contributed by atoms with Gasteiger partial charge in [-0.1, -0.05) is 60.7 Å². The lowest BCUT2D eigenvalue weighted by Gasteiger charge is -2.23. The van der Waals surface area contributed by atoms with E-state index in [0.717, 1.165) is 27.2 Å². The van der Waals surface area contributed by atoms with E-state index >= 15 is 0 Å². The van der Waals surface area contributed by atoms with Crippen molar-refractivity contribution in [3.8, 4) is 16.9 Å². The molecule has 34 heavy (non-hydrogen) atoms. The van der Waals surface area contributed by atoms with Gasteiger partial charge in [-0.15, -0.1) is 0 Å². The maximum absolute atomic E-state index is 13.1. The summed E-state index contributed by atoms with van der Waals surface area (Å²) in [6.45, 7) is -0.598. The maximum atomic E-state index is 13.1. The van der Waals surface area contributed by atoms with Crippen LogP contribution in [0, 0.1) is 0 Å². The van der Waals surface area contributed by atoms with Crippen molar-refractivity contribution in [3.05, 3.63) is 83.9 Å². The number of hydrogen-bond donors (Lipinski definition) is 2. The van der Waals surface area contributed by atoms with Crippen LogP contribution in [-0.2, 0) is 14.3 Å². The van der Waals surface area contributed by atoms with Gasteiger partial charge in [0.25, 0.3) is 5.91 Å². The second-order valence-electron chi connectivity index (χ2n) is 8.12. The van der Waals surface area contributed by atoms with Crippen molar-refractivity contribution in [2.75, 3.05) is 24.7 Å². The molecule has 2 aliphatic rings. The Bertz CT molecular complexity index is 1230. The number of carbonyl (C=O) groups excluding carboxylic acids is 2. The molecule has 0 fully saturated rings. The number of nitrogens with one attached hydrogen (secondary N) is 1. The summed E-state index contributed by atoms with van der Waals surface area (Å²) >= 11 is 0. The summed E-state index contributed by atoms with van der Waals surface area (Å²) in [6.07, 6.45) is -0.773. The molecule has 0 bridgehead atoms. The first-order valence-electron chi connectivity index (χ1n) is 10.9. The Morgan fingerprint density at radius 1 is 0.971 bits per heavy atom. The van der Waals surface area contributed by atoms with Gasteiger partial charge in [-0.25, -0.2) is 4.79 Å². The van der Waals surface area contributed by atoms with E-state index in [-0.39, 0.29) is 19.1 Å². The summed E-state index contributed by atoms with van der Waals surface area (Å²) < 4.78 is 11.2. The number of benzene rings is 3. The minimum absolute atomic E-state index is 0.0979. The van der Waals surface area contributed by atoms with Gasteiger partial charge in [0.05, 0.1) is 5.69 Å². The highest BCUT2D eigenvalue weighted by atomic mass is 16.5. The fraction of sp³-hybridized carbons (Fsp3) is 0.192. The zero-order valence-corrected chi connectivity index (χ0v) is 18.1. The molecular formula is C26H22N2O6. The highest BCUT2D eigenvalue weighted by Crippen LogP contribution is 2.44. The summed E-state index contributed by atoms with van der Waals surface area (Å²) in [6, 6.07) is 21.5. The number of nitrogens with zero attached hydrogens (tertiary/aromatic N) is 1. The van der Waals surface area contributed by atoms with Crippen molar-refractivity contribution < 1.29 is 29.0 Å². The van der Waals surface area contributed by atoms with Crippen molar-refractivity contribution in [2.24, 2.45) is 0 Å². The van der Waals surface area contributed by atoms with Gasteiger partial charge in [-0.05, 0) is 34.4 Å². The van der Waals surface area contributed by atoms with Crippen molar-refractivity contribution in [1.82, 2.24) is 5.32 Å². The van der Waals surface area contributed by atoms with E-state index < -0.39 is 30.6 Å². The molecule has 8 heteroatoms.